The molecule has 0 bridgehead atoms. The lowest BCUT2D eigenvalue weighted by Gasteiger charge is -1.99. The minimum Gasteiger partial charge on any atom is -0.508 e. The molecule has 0 aliphatic heterocycles. The van der Waals surface area contributed by atoms with E-state index in [1.807, 2.05) is 19.1 Å². The quantitative estimate of drug-likeness (QED) is 0.759. The third kappa shape index (κ3) is 1.77. The molecule has 1 heterocycles. The highest BCUT2D eigenvalue weighted by atomic mass is 32.1. The summed E-state index contributed by atoms with van der Waals surface area (Å²) in [5, 5.41) is 9.23. The second kappa shape index (κ2) is 3.42. The average molecular weight is 208 g/mol. The van der Waals surface area contributed by atoms with Gasteiger partial charge in [-0.15, -0.1) is 11.3 Å². The van der Waals surface area contributed by atoms with Gasteiger partial charge < -0.3 is 5.11 Å². The fourth-order valence-corrected chi connectivity index (χ4v) is 2.16. The van der Waals surface area contributed by atoms with Crippen LogP contribution in [0.1, 0.15) is 4.88 Å². The summed E-state index contributed by atoms with van der Waals surface area (Å²) in [6, 6.07) is 7.99. The Bertz CT molecular complexity index is 442. The number of aryl methyl sites for hydroxylation is 1. The standard InChI is InChI=1S/C11H9FOS/c1-7-2-3-11(14-7)8-4-9(12)6-10(13)5-8/h2-6,13H,1H3. The Morgan fingerprint density at radius 3 is 2.57 bits per heavy atom. The minimum atomic E-state index is -0.411. The van der Waals surface area contributed by atoms with Crippen LogP contribution in [-0.2, 0) is 0 Å². The van der Waals surface area contributed by atoms with E-state index in [4.69, 9.17) is 0 Å². The van der Waals surface area contributed by atoms with Crippen molar-refractivity contribution in [2.45, 2.75) is 6.92 Å². The largest absolute Gasteiger partial charge is 0.508 e. The lowest BCUT2D eigenvalue weighted by Crippen LogP contribution is -1.76. The van der Waals surface area contributed by atoms with Gasteiger partial charge in [0.1, 0.15) is 11.6 Å². The van der Waals surface area contributed by atoms with E-state index >= 15 is 0 Å². The van der Waals surface area contributed by atoms with E-state index in [-0.39, 0.29) is 5.75 Å². The number of hydrogen-bond donors (Lipinski definition) is 1. The second-order valence-corrected chi connectivity index (χ2v) is 4.40. The fourth-order valence-electron chi connectivity index (χ4n) is 1.31. The molecule has 72 valence electrons. The number of phenolic OH excluding ortho intramolecular Hbond substituents is 1. The van der Waals surface area contributed by atoms with Gasteiger partial charge in [0.25, 0.3) is 0 Å². The Morgan fingerprint density at radius 1 is 1.21 bits per heavy atom. The Morgan fingerprint density at radius 2 is 2.00 bits per heavy atom. The zero-order valence-corrected chi connectivity index (χ0v) is 8.44. The van der Waals surface area contributed by atoms with Crippen LogP contribution in [0.5, 0.6) is 5.75 Å². The van der Waals surface area contributed by atoms with E-state index in [1.165, 1.54) is 10.9 Å². The molecule has 0 saturated heterocycles. The van der Waals surface area contributed by atoms with Crippen LogP contribution in [0.15, 0.2) is 30.3 Å². The molecule has 0 unspecified atom stereocenters. The summed E-state index contributed by atoms with van der Waals surface area (Å²) in [5.41, 5.74) is 0.723. The maximum absolute atomic E-state index is 13.0. The fraction of sp³-hybridized carbons (Fsp3) is 0.0909. The molecule has 0 fully saturated rings. The van der Waals surface area contributed by atoms with Gasteiger partial charge >= 0.3 is 0 Å². The summed E-state index contributed by atoms with van der Waals surface area (Å²) >= 11 is 1.58. The molecule has 3 heteroatoms. The molecule has 1 nitrogen and oxygen atoms in total. The van der Waals surface area contributed by atoms with Gasteiger partial charge in [-0.2, -0.15) is 0 Å². The third-order valence-corrected chi connectivity index (χ3v) is 2.96. The summed E-state index contributed by atoms with van der Waals surface area (Å²) in [5.74, 6) is -0.447. The first kappa shape index (κ1) is 9.21. The molecule has 14 heavy (non-hydrogen) atoms. The predicted octanol–water partition coefficient (Wildman–Crippen LogP) is 3.57. The Labute approximate surface area is 85.5 Å². The van der Waals surface area contributed by atoms with Crippen molar-refractivity contribution in [1.82, 2.24) is 0 Å². The van der Waals surface area contributed by atoms with E-state index in [0.717, 1.165) is 16.5 Å². The van der Waals surface area contributed by atoms with Crippen molar-refractivity contribution in [3.63, 3.8) is 0 Å². The maximum atomic E-state index is 13.0. The van der Waals surface area contributed by atoms with Gasteiger partial charge in [-0.05, 0) is 36.8 Å². The Balaban J connectivity index is 2.51. The van der Waals surface area contributed by atoms with Crippen molar-refractivity contribution in [2.75, 3.05) is 0 Å². The molecule has 0 aliphatic carbocycles. The lowest BCUT2D eigenvalue weighted by molar-refractivity contribution is 0.469. The normalized spacial score (nSPS) is 10.4. The van der Waals surface area contributed by atoms with Crippen molar-refractivity contribution in [3.05, 3.63) is 41.0 Å². The summed E-state index contributed by atoms with van der Waals surface area (Å²) in [4.78, 5) is 2.14. The zero-order chi connectivity index (χ0) is 10.1. The topological polar surface area (TPSA) is 20.2 Å². The van der Waals surface area contributed by atoms with Crippen LogP contribution in [0, 0.1) is 12.7 Å². The highest BCUT2D eigenvalue weighted by molar-refractivity contribution is 7.15. The average Bonchev–Trinajstić information content (AvgIpc) is 2.50. The first-order chi connectivity index (χ1) is 6.65. The van der Waals surface area contributed by atoms with E-state index in [0.29, 0.717) is 0 Å². The van der Waals surface area contributed by atoms with Crippen molar-refractivity contribution >= 4 is 11.3 Å². The van der Waals surface area contributed by atoms with Gasteiger partial charge in [0.05, 0.1) is 0 Å². The first-order valence-electron chi connectivity index (χ1n) is 4.21. The molecule has 0 radical (unpaired) electrons. The monoisotopic (exact) mass is 208 g/mol. The van der Waals surface area contributed by atoms with E-state index in [9.17, 15) is 9.50 Å². The second-order valence-electron chi connectivity index (χ2n) is 3.11. The van der Waals surface area contributed by atoms with Gasteiger partial charge in [-0.3, -0.25) is 0 Å². The SMILES string of the molecule is Cc1ccc(-c2cc(O)cc(F)c2)s1. The molecule has 2 rings (SSSR count). The summed E-state index contributed by atoms with van der Waals surface area (Å²) < 4.78 is 13.0. The number of phenols is 1. The van der Waals surface area contributed by atoms with Crippen LogP contribution >= 0.6 is 11.3 Å². The first-order valence-corrected chi connectivity index (χ1v) is 5.03. The molecular weight excluding hydrogens is 199 g/mol. The van der Waals surface area contributed by atoms with Crippen LogP contribution in [0.25, 0.3) is 10.4 Å². The van der Waals surface area contributed by atoms with Crippen molar-refractivity contribution in [2.24, 2.45) is 0 Å². The molecule has 1 aromatic heterocycles. The van der Waals surface area contributed by atoms with Crippen molar-refractivity contribution in [1.29, 1.82) is 0 Å². The highest BCUT2D eigenvalue weighted by Gasteiger charge is 2.04. The minimum absolute atomic E-state index is 0.0361. The molecule has 2 aromatic rings. The maximum Gasteiger partial charge on any atom is 0.127 e. The van der Waals surface area contributed by atoms with Crippen molar-refractivity contribution in [3.8, 4) is 16.2 Å². The highest BCUT2D eigenvalue weighted by Crippen LogP contribution is 2.30. The molecule has 0 spiro atoms. The number of halogens is 1. The van der Waals surface area contributed by atoms with Crippen LogP contribution in [0.3, 0.4) is 0 Å². The zero-order valence-electron chi connectivity index (χ0n) is 7.62. The summed E-state index contributed by atoms with van der Waals surface area (Å²) in [6.45, 7) is 1.99. The van der Waals surface area contributed by atoms with E-state index in [2.05, 4.69) is 0 Å². The molecule has 0 saturated carbocycles. The molecule has 0 atom stereocenters. The molecular formula is C11H9FOS. The Kier molecular flexibility index (Phi) is 2.25. The molecule has 1 aromatic carbocycles. The van der Waals surface area contributed by atoms with Crippen LogP contribution in [-0.4, -0.2) is 5.11 Å². The van der Waals surface area contributed by atoms with Crippen LogP contribution in [0.2, 0.25) is 0 Å². The molecule has 0 aliphatic rings. The van der Waals surface area contributed by atoms with Gasteiger partial charge in [0, 0.05) is 15.8 Å². The molecule has 0 amide bonds. The predicted molar refractivity (Wildman–Crippen MR) is 56.1 cm³/mol. The van der Waals surface area contributed by atoms with E-state index in [1.54, 1.807) is 17.4 Å². The van der Waals surface area contributed by atoms with Gasteiger partial charge in [0.15, 0.2) is 0 Å². The van der Waals surface area contributed by atoms with E-state index < -0.39 is 5.82 Å². The van der Waals surface area contributed by atoms with Crippen molar-refractivity contribution < 1.29 is 9.50 Å². The molecule has 1 N–H and O–H groups in total. The van der Waals surface area contributed by atoms with Crippen LogP contribution < -0.4 is 0 Å². The number of thiophene rings is 1. The number of rotatable bonds is 1. The Hall–Kier alpha value is -1.35. The third-order valence-electron chi connectivity index (χ3n) is 1.91. The smallest absolute Gasteiger partial charge is 0.127 e. The number of hydrogen-bond acceptors (Lipinski definition) is 2. The number of aromatic hydroxyl groups is 1. The lowest BCUT2D eigenvalue weighted by atomic mass is 10.2. The summed E-state index contributed by atoms with van der Waals surface area (Å²) in [6.07, 6.45) is 0. The van der Waals surface area contributed by atoms with Gasteiger partial charge in [-0.1, -0.05) is 0 Å². The van der Waals surface area contributed by atoms with Gasteiger partial charge in [-0.25, -0.2) is 4.39 Å². The number of benzene rings is 1. The van der Waals surface area contributed by atoms with Gasteiger partial charge in [0.2, 0.25) is 0 Å². The van der Waals surface area contributed by atoms with Crippen LogP contribution in [0.4, 0.5) is 4.39 Å². The summed E-state index contributed by atoms with van der Waals surface area (Å²) in [7, 11) is 0.